The maximum Gasteiger partial charge on any atom is 0.289 e. The molecule has 1 aromatic rings. The maximum absolute atomic E-state index is 15.2. The van der Waals surface area contributed by atoms with Crippen molar-refractivity contribution < 1.29 is 8.78 Å². The van der Waals surface area contributed by atoms with E-state index >= 15 is 8.78 Å². The monoisotopic (exact) mass is 406 g/mol. The fourth-order valence-electron chi connectivity index (χ4n) is 4.00. The maximum atomic E-state index is 15.2. The van der Waals surface area contributed by atoms with Gasteiger partial charge in [0.25, 0.3) is 5.92 Å². The van der Waals surface area contributed by atoms with Crippen LogP contribution in [0.4, 0.5) is 8.78 Å². The summed E-state index contributed by atoms with van der Waals surface area (Å²) in [5.41, 5.74) is 0.146. The molecule has 0 amide bonds. The molecule has 0 spiro atoms. The lowest BCUT2D eigenvalue weighted by Gasteiger charge is -2.55. The normalized spacial score (nSPS) is 32.7. The second kappa shape index (κ2) is 5.74. The summed E-state index contributed by atoms with van der Waals surface area (Å²) in [5, 5.41) is 0. The molecular weight excluding hydrogens is 385 g/mol. The van der Waals surface area contributed by atoms with Crippen LogP contribution in [0.2, 0.25) is 0 Å². The SMILES string of the molecule is CN(C)C1C2CCN(CC2)C1C(F)(F)c1ccc(I)cc1. The van der Waals surface area contributed by atoms with Gasteiger partial charge in [0.15, 0.2) is 0 Å². The van der Waals surface area contributed by atoms with Gasteiger partial charge in [0.2, 0.25) is 0 Å². The number of hydrogen-bond acceptors (Lipinski definition) is 2. The van der Waals surface area contributed by atoms with Gasteiger partial charge in [-0.25, -0.2) is 0 Å². The average Bonchev–Trinajstić information content (AvgIpc) is 2.47. The van der Waals surface area contributed by atoms with Gasteiger partial charge in [0.1, 0.15) is 0 Å². The van der Waals surface area contributed by atoms with Gasteiger partial charge in [0, 0.05) is 15.2 Å². The van der Waals surface area contributed by atoms with Crippen LogP contribution in [0.1, 0.15) is 18.4 Å². The zero-order valence-corrected chi connectivity index (χ0v) is 14.6. The Bertz CT molecular complexity index is 496. The number of nitrogens with zero attached hydrogens (tertiary/aromatic N) is 2. The average molecular weight is 406 g/mol. The molecule has 3 fully saturated rings. The zero-order chi connectivity index (χ0) is 15.2. The van der Waals surface area contributed by atoms with E-state index in [-0.39, 0.29) is 11.6 Å². The number of likely N-dealkylation sites (N-methyl/N-ethyl adjacent to an activating group) is 1. The van der Waals surface area contributed by atoms with Gasteiger partial charge in [-0.05, 0) is 80.7 Å². The van der Waals surface area contributed by atoms with Gasteiger partial charge in [-0.15, -0.1) is 0 Å². The molecule has 0 aliphatic carbocycles. The molecule has 0 radical (unpaired) electrons. The van der Waals surface area contributed by atoms with Crippen molar-refractivity contribution in [3.8, 4) is 0 Å². The summed E-state index contributed by atoms with van der Waals surface area (Å²) in [5.74, 6) is -2.41. The van der Waals surface area contributed by atoms with E-state index in [9.17, 15) is 0 Å². The molecule has 116 valence electrons. The smallest absolute Gasteiger partial charge is 0.289 e. The van der Waals surface area contributed by atoms with E-state index in [0.29, 0.717) is 5.92 Å². The number of halogens is 3. The van der Waals surface area contributed by atoms with Crippen molar-refractivity contribution in [2.45, 2.75) is 30.8 Å². The lowest BCUT2D eigenvalue weighted by atomic mass is 9.74. The van der Waals surface area contributed by atoms with Gasteiger partial charge in [-0.1, -0.05) is 12.1 Å². The first-order valence-corrected chi connectivity index (χ1v) is 8.53. The van der Waals surface area contributed by atoms with E-state index in [1.54, 1.807) is 24.3 Å². The highest BCUT2D eigenvalue weighted by atomic mass is 127. The first-order chi connectivity index (χ1) is 9.91. The van der Waals surface area contributed by atoms with Crippen molar-refractivity contribution in [1.82, 2.24) is 9.80 Å². The molecule has 5 heteroatoms. The molecule has 3 heterocycles. The van der Waals surface area contributed by atoms with E-state index in [1.165, 1.54) is 0 Å². The first-order valence-electron chi connectivity index (χ1n) is 7.45. The third-order valence-electron chi connectivity index (χ3n) is 4.97. The predicted octanol–water partition coefficient (Wildman–Crippen LogP) is 3.41. The van der Waals surface area contributed by atoms with Crippen LogP contribution in [0.5, 0.6) is 0 Å². The minimum atomic E-state index is -2.81. The van der Waals surface area contributed by atoms with Crippen LogP contribution in [0.25, 0.3) is 0 Å². The highest BCUT2D eigenvalue weighted by Gasteiger charge is 2.55. The largest absolute Gasteiger partial charge is 0.304 e. The van der Waals surface area contributed by atoms with E-state index in [1.807, 2.05) is 23.9 Å². The Morgan fingerprint density at radius 3 is 2.24 bits per heavy atom. The summed E-state index contributed by atoms with van der Waals surface area (Å²) in [6.45, 7) is 1.61. The van der Waals surface area contributed by atoms with E-state index in [2.05, 4.69) is 22.6 Å². The molecule has 21 heavy (non-hydrogen) atoms. The zero-order valence-electron chi connectivity index (χ0n) is 12.4. The van der Waals surface area contributed by atoms with E-state index in [0.717, 1.165) is 29.5 Å². The molecule has 2 unspecified atom stereocenters. The highest BCUT2D eigenvalue weighted by molar-refractivity contribution is 14.1. The Morgan fingerprint density at radius 1 is 1.14 bits per heavy atom. The Labute approximate surface area is 138 Å². The molecule has 3 aliphatic heterocycles. The topological polar surface area (TPSA) is 6.48 Å². The molecule has 1 aromatic carbocycles. The van der Waals surface area contributed by atoms with Crippen molar-refractivity contribution in [2.24, 2.45) is 5.92 Å². The molecule has 3 aliphatic rings. The van der Waals surface area contributed by atoms with Crippen molar-refractivity contribution in [3.63, 3.8) is 0 Å². The van der Waals surface area contributed by atoms with E-state index in [4.69, 9.17) is 0 Å². The van der Waals surface area contributed by atoms with Gasteiger partial charge >= 0.3 is 0 Å². The van der Waals surface area contributed by atoms with Crippen LogP contribution in [-0.4, -0.2) is 49.1 Å². The molecule has 0 N–H and O–H groups in total. The summed E-state index contributed by atoms with van der Waals surface area (Å²) in [6, 6.07) is 5.92. The van der Waals surface area contributed by atoms with Crippen LogP contribution < -0.4 is 0 Å². The molecular formula is C16H21F2IN2. The second-order valence-corrected chi connectivity index (χ2v) is 7.65. The lowest BCUT2D eigenvalue weighted by molar-refractivity contribution is -0.159. The quantitative estimate of drug-likeness (QED) is 0.711. The standard InChI is InChI=1S/C16H21F2IN2/c1-20(2)14-11-7-9-21(10-8-11)15(14)16(17,18)12-3-5-13(19)6-4-12/h3-6,11,14-15H,7-10H2,1-2H3. The van der Waals surface area contributed by atoms with Crippen LogP contribution in [0.3, 0.4) is 0 Å². The minimum absolute atomic E-state index is 0.0678. The van der Waals surface area contributed by atoms with Gasteiger partial charge in [-0.2, -0.15) is 8.78 Å². The highest BCUT2D eigenvalue weighted by Crippen LogP contribution is 2.45. The molecule has 0 saturated carbocycles. The van der Waals surface area contributed by atoms with Crippen molar-refractivity contribution >= 4 is 22.6 Å². The van der Waals surface area contributed by atoms with Crippen LogP contribution >= 0.6 is 22.6 Å². The number of piperidine rings is 3. The Hall–Kier alpha value is -0.270. The molecule has 2 nitrogen and oxygen atoms in total. The van der Waals surface area contributed by atoms with Crippen molar-refractivity contribution in [2.75, 3.05) is 27.2 Å². The molecule has 0 aromatic heterocycles. The number of rotatable bonds is 3. The fourth-order valence-corrected chi connectivity index (χ4v) is 4.36. The second-order valence-electron chi connectivity index (χ2n) is 6.40. The predicted molar refractivity (Wildman–Crippen MR) is 88.6 cm³/mol. The Balaban J connectivity index is 1.97. The third-order valence-corrected chi connectivity index (χ3v) is 5.69. The van der Waals surface area contributed by atoms with Crippen molar-refractivity contribution in [3.05, 3.63) is 33.4 Å². The summed E-state index contributed by atoms with van der Waals surface area (Å²) >= 11 is 2.15. The van der Waals surface area contributed by atoms with Gasteiger partial charge < -0.3 is 4.90 Å². The summed E-state index contributed by atoms with van der Waals surface area (Å²) in [6.07, 6.45) is 2.09. The number of hydrogen-bond donors (Lipinski definition) is 0. The van der Waals surface area contributed by atoms with E-state index < -0.39 is 12.0 Å². The molecule has 2 bridgehead atoms. The van der Waals surface area contributed by atoms with Gasteiger partial charge in [-0.3, -0.25) is 4.90 Å². The van der Waals surface area contributed by atoms with Crippen molar-refractivity contribution in [1.29, 1.82) is 0 Å². The fraction of sp³-hybridized carbons (Fsp3) is 0.625. The lowest BCUT2D eigenvalue weighted by Crippen LogP contribution is -2.67. The van der Waals surface area contributed by atoms with Gasteiger partial charge in [0.05, 0.1) is 6.04 Å². The molecule has 4 rings (SSSR count). The third kappa shape index (κ3) is 2.72. The van der Waals surface area contributed by atoms with Crippen LogP contribution in [0.15, 0.2) is 24.3 Å². The summed E-state index contributed by atoms with van der Waals surface area (Å²) in [7, 11) is 3.87. The molecule has 2 atom stereocenters. The molecule has 3 saturated heterocycles. The minimum Gasteiger partial charge on any atom is -0.304 e. The Kier molecular flexibility index (Phi) is 4.27. The number of fused-ring (bicyclic) bond motifs is 3. The van der Waals surface area contributed by atoms with Crippen LogP contribution in [0, 0.1) is 9.49 Å². The number of alkyl halides is 2. The summed E-state index contributed by atoms with van der Waals surface area (Å²) in [4.78, 5) is 4.00. The summed E-state index contributed by atoms with van der Waals surface area (Å²) < 4.78 is 31.3. The number of benzene rings is 1. The van der Waals surface area contributed by atoms with Crippen LogP contribution in [-0.2, 0) is 5.92 Å². The first kappa shape index (κ1) is 15.6. The Morgan fingerprint density at radius 2 is 1.71 bits per heavy atom.